The molecule has 0 fully saturated rings. The van der Waals surface area contributed by atoms with Crippen LogP contribution in [0.25, 0.3) is 0 Å². The van der Waals surface area contributed by atoms with Gasteiger partial charge in [-0.3, -0.25) is 0 Å². The number of hydrogen-bond donors (Lipinski definition) is 1. The lowest BCUT2D eigenvalue weighted by Gasteiger charge is -2.36. The normalized spacial score (nSPS) is 26.7. The van der Waals surface area contributed by atoms with Gasteiger partial charge in [0.2, 0.25) is 0 Å². The van der Waals surface area contributed by atoms with Crippen molar-refractivity contribution in [1.82, 2.24) is 0 Å². The average Bonchev–Trinajstić information content (AvgIpc) is 2.38. The third-order valence-corrected chi connectivity index (χ3v) is 4.32. The Morgan fingerprint density at radius 3 is 2.70 bits per heavy atom. The Balaban J connectivity index is 2.10. The van der Waals surface area contributed by atoms with Gasteiger partial charge in [-0.25, -0.2) is 0 Å². The first-order valence-electron chi connectivity index (χ1n) is 7.49. The molecule has 0 unspecified atom stereocenters. The van der Waals surface area contributed by atoms with Crippen LogP contribution >= 0.6 is 0 Å². The number of allylic oxidation sites excluding steroid dienone is 1. The van der Waals surface area contributed by atoms with E-state index in [9.17, 15) is 5.11 Å². The van der Waals surface area contributed by atoms with Crippen molar-refractivity contribution >= 4 is 0 Å². The van der Waals surface area contributed by atoms with Crippen LogP contribution in [-0.4, -0.2) is 16.8 Å². The van der Waals surface area contributed by atoms with Gasteiger partial charge in [0.1, 0.15) is 6.10 Å². The summed E-state index contributed by atoms with van der Waals surface area (Å²) in [6, 6.07) is 8.24. The maximum atomic E-state index is 10.5. The van der Waals surface area contributed by atoms with Crippen LogP contribution in [0, 0.1) is 12.8 Å². The Morgan fingerprint density at radius 1 is 1.35 bits per heavy atom. The lowest BCUT2D eigenvalue weighted by atomic mass is 9.81. The van der Waals surface area contributed by atoms with E-state index >= 15 is 0 Å². The highest BCUT2D eigenvalue weighted by atomic mass is 16.5. The molecule has 0 radical (unpaired) electrons. The number of rotatable bonds is 4. The van der Waals surface area contributed by atoms with E-state index in [1.54, 1.807) is 0 Å². The zero-order valence-electron chi connectivity index (χ0n) is 13.0. The molecule has 110 valence electrons. The van der Waals surface area contributed by atoms with Crippen molar-refractivity contribution in [2.75, 3.05) is 0 Å². The molecule has 0 spiro atoms. The predicted molar refractivity (Wildman–Crippen MR) is 82.5 cm³/mol. The monoisotopic (exact) mass is 274 g/mol. The zero-order valence-corrected chi connectivity index (χ0v) is 13.0. The van der Waals surface area contributed by atoms with E-state index in [0.717, 1.165) is 12.8 Å². The first kappa shape index (κ1) is 15.3. The second kappa shape index (κ2) is 6.11. The van der Waals surface area contributed by atoms with E-state index in [2.05, 4.69) is 39.0 Å². The minimum absolute atomic E-state index is 0.215. The molecule has 0 saturated carbocycles. The van der Waals surface area contributed by atoms with Crippen molar-refractivity contribution in [3.63, 3.8) is 0 Å². The van der Waals surface area contributed by atoms with Gasteiger partial charge in [-0.15, -0.1) is 0 Å². The van der Waals surface area contributed by atoms with Crippen LogP contribution in [0.3, 0.4) is 0 Å². The van der Waals surface area contributed by atoms with Gasteiger partial charge in [-0.2, -0.15) is 0 Å². The second-order valence-electron chi connectivity index (χ2n) is 6.41. The Bertz CT molecular complexity index is 486. The summed E-state index contributed by atoms with van der Waals surface area (Å²) in [7, 11) is 0. The summed E-state index contributed by atoms with van der Waals surface area (Å²) < 4.78 is 6.02. The van der Waals surface area contributed by atoms with Gasteiger partial charge >= 0.3 is 0 Å². The van der Waals surface area contributed by atoms with Crippen LogP contribution in [0.15, 0.2) is 35.9 Å². The molecular weight excluding hydrogens is 248 g/mol. The van der Waals surface area contributed by atoms with Gasteiger partial charge in [0.05, 0.1) is 12.2 Å². The summed E-state index contributed by atoms with van der Waals surface area (Å²) in [5.74, 6) is 0.524. The summed E-state index contributed by atoms with van der Waals surface area (Å²) in [6.45, 7) is 8.92. The van der Waals surface area contributed by atoms with Crippen molar-refractivity contribution in [3.05, 3.63) is 47.0 Å². The van der Waals surface area contributed by atoms with Crippen LogP contribution in [0.4, 0.5) is 0 Å². The Morgan fingerprint density at radius 2 is 2.05 bits per heavy atom. The van der Waals surface area contributed by atoms with Gasteiger partial charge < -0.3 is 9.84 Å². The molecule has 1 aliphatic rings. The summed E-state index contributed by atoms with van der Waals surface area (Å²) in [5, 5.41) is 10.5. The second-order valence-corrected chi connectivity index (χ2v) is 6.41. The number of aryl methyl sites for hydroxylation is 1. The van der Waals surface area contributed by atoms with Crippen LogP contribution in [0.2, 0.25) is 0 Å². The van der Waals surface area contributed by atoms with E-state index in [1.807, 2.05) is 19.1 Å². The summed E-state index contributed by atoms with van der Waals surface area (Å²) in [4.78, 5) is 0. The lowest BCUT2D eigenvalue weighted by molar-refractivity contribution is -0.0906. The van der Waals surface area contributed by atoms with Crippen molar-refractivity contribution < 1.29 is 9.84 Å². The molecule has 2 rings (SSSR count). The molecule has 2 atom stereocenters. The van der Waals surface area contributed by atoms with Gasteiger partial charge in [-0.05, 0) is 43.7 Å². The van der Waals surface area contributed by atoms with Gasteiger partial charge in [-0.1, -0.05) is 49.8 Å². The van der Waals surface area contributed by atoms with Gasteiger partial charge in [0.15, 0.2) is 0 Å². The average molecular weight is 274 g/mol. The highest BCUT2D eigenvalue weighted by molar-refractivity contribution is 5.25. The first-order valence-corrected chi connectivity index (χ1v) is 7.49. The standard InChI is InChI=1S/C18H26O2/c1-13(2)15-9-10-18(4,19)17(11-15)20-12-16-8-6-5-7-14(16)3/h5-8,11,13,17,19H,9-10,12H2,1-4H3/t17-,18+/m1/s1. The molecule has 2 heteroatoms. The van der Waals surface area contributed by atoms with Gasteiger partial charge in [0, 0.05) is 0 Å². The maximum Gasteiger partial charge on any atom is 0.105 e. The van der Waals surface area contributed by atoms with Crippen LogP contribution in [-0.2, 0) is 11.3 Å². The lowest BCUT2D eigenvalue weighted by Crippen LogP contribution is -2.42. The topological polar surface area (TPSA) is 29.5 Å². The number of ether oxygens (including phenoxy) is 1. The fourth-order valence-corrected chi connectivity index (χ4v) is 2.66. The maximum absolute atomic E-state index is 10.5. The van der Waals surface area contributed by atoms with E-state index in [0.29, 0.717) is 12.5 Å². The SMILES string of the molecule is Cc1ccccc1CO[C@@H]1C=C(C(C)C)CC[C@]1(C)O. The van der Waals surface area contributed by atoms with Crippen molar-refractivity contribution in [1.29, 1.82) is 0 Å². The minimum Gasteiger partial charge on any atom is -0.387 e. The molecule has 0 bridgehead atoms. The molecule has 1 aliphatic carbocycles. The summed E-state index contributed by atoms with van der Waals surface area (Å²) in [6.07, 6.45) is 3.66. The molecule has 20 heavy (non-hydrogen) atoms. The quantitative estimate of drug-likeness (QED) is 0.841. The molecule has 0 heterocycles. The first-order chi connectivity index (χ1) is 9.40. The molecule has 1 aromatic rings. The smallest absolute Gasteiger partial charge is 0.105 e. The highest BCUT2D eigenvalue weighted by Crippen LogP contribution is 2.33. The van der Waals surface area contributed by atoms with E-state index < -0.39 is 5.60 Å². The molecule has 1 N–H and O–H groups in total. The van der Waals surface area contributed by atoms with Crippen molar-refractivity contribution in [2.45, 2.75) is 58.8 Å². The molecule has 0 aromatic heterocycles. The molecule has 0 aliphatic heterocycles. The fraction of sp³-hybridized carbons (Fsp3) is 0.556. The predicted octanol–water partition coefficient (Wildman–Crippen LogP) is 4.01. The van der Waals surface area contributed by atoms with Crippen molar-refractivity contribution in [2.24, 2.45) is 5.92 Å². The molecule has 0 saturated heterocycles. The third kappa shape index (κ3) is 3.50. The largest absolute Gasteiger partial charge is 0.387 e. The fourth-order valence-electron chi connectivity index (χ4n) is 2.66. The van der Waals surface area contributed by atoms with E-state index in [1.165, 1.54) is 16.7 Å². The zero-order chi connectivity index (χ0) is 14.8. The Hall–Kier alpha value is -1.12. The number of aliphatic hydroxyl groups is 1. The minimum atomic E-state index is -0.763. The van der Waals surface area contributed by atoms with Gasteiger partial charge in [0.25, 0.3) is 0 Å². The molecule has 0 amide bonds. The van der Waals surface area contributed by atoms with Crippen LogP contribution in [0.5, 0.6) is 0 Å². The Labute approximate surface area is 122 Å². The van der Waals surface area contributed by atoms with Crippen LogP contribution in [0.1, 0.15) is 44.7 Å². The van der Waals surface area contributed by atoms with E-state index in [4.69, 9.17) is 4.74 Å². The Kier molecular flexibility index (Phi) is 4.66. The molecule has 2 nitrogen and oxygen atoms in total. The van der Waals surface area contributed by atoms with Crippen LogP contribution < -0.4 is 0 Å². The summed E-state index contributed by atoms with van der Waals surface area (Å²) in [5.41, 5.74) is 3.05. The van der Waals surface area contributed by atoms with Crippen molar-refractivity contribution in [3.8, 4) is 0 Å². The third-order valence-electron chi connectivity index (χ3n) is 4.32. The number of benzene rings is 1. The van der Waals surface area contributed by atoms with E-state index in [-0.39, 0.29) is 6.10 Å². The number of hydrogen-bond acceptors (Lipinski definition) is 2. The molecule has 1 aromatic carbocycles. The summed E-state index contributed by atoms with van der Waals surface area (Å²) >= 11 is 0. The highest BCUT2D eigenvalue weighted by Gasteiger charge is 2.35. The molecular formula is C18H26O2.